The molecular weight excluding hydrogens is 388 g/mol. The van der Waals surface area contributed by atoms with E-state index in [2.05, 4.69) is 17.0 Å². The molecule has 4 rings (SSSR count). The third-order valence-corrected chi connectivity index (χ3v) is 5.76. The first-order chi connectivity index (χ1) is 14.1. The lowest BCUT2D eigenvalue weighted by Crippen LogP contribution is -2.58. The highest BCUT2D eigenvalue weighted by Crippen LogP contribution is 2.40. The molecule has 2 aromatic heterocycles. The topological polar surface area (TPSA) is 86.2 Å². The maximum atomic E-state index is 13.0. The molecule has 1 unspecified atom stereocenters. The number of thioether (sulfide) groups is 1. The Kier molecular flexibility index (Phi) is 5.53. The fourth-order valence-corrected chi connectivity index (χ4v) is 4.37. The number of amides is 1. The molecule has 29 heavy (non-hydrogen) atoms. The van der Waals surface area contributed by atoms with E-state index in [1.54, 1.807) is 28.0 Å². The largest absolute Gasteiger partial charge is 0.854 e. The van der Waals surface area contributed by atoms with Crippen molar-refractivity contribution in [2.75, 3.05) is 10.7 Å². The van der Waals surface area contributed by atoms with Crippen LogP contribution in [0.25, 0.3) is 11.3 Å². The minimum atomic E-state index is -0.682. The van der Waals surface area contributed by atoms with Crippen molar-refractivity contribution in [3.8, 4) is 17.1 Å². The van der Waals surface area contributed by atoms with Crippen molar-refractivity contribution < 1.29 is 19.0 Å². The van der Waals surface area contributed by atoms with Crippen molar-refractivity contribution in [2.45, 2.75) is 44.4 Å². The van der Waals surface area contributed by atoms with Crippen molar-refractivity contribution in [1.29, 1.82) is 0 Å². The number of aromatic nitrogens is 3. The van der Waals surface area contributed by atoms with Gasteiger partial charge in [-0.25, -0.2) is 9.88 Å². The third kappa shape index (κ3) is 3.60. The summed E-state index contributed by atoms with van der Waals surface area (Å²) in [5.41, 5.74) is 1.64. The van der Waals surface area contributed by atoms with Crippen LogP contribution in [0.2, 0.25) is 0 Å². The van der Waals surface area contributed by atoms with Gasteiger partial charge in [-0.2, -0.15) is 0 Å². The number of hydrogen-bond acceptors (Lipinski definition) is 6. The number of para-hydroxylation sites is 1. The van der Waals surface area contributed by atoms with Gasteiger partial charge >= 0.3 is 6.17 Å². The van der Waals surface area contributed by atoms with Gasteiger partial charge in [-0.3, -0.25) is 4.79 Å². The molecule has 3 heterocycles. The van der Waals surface area contributed by atoms with Gasteiger partial charge in [0.05, 0.1) is 23.4 Å². The molecule has 0 saturated carbocycles. The Morgan fingerprint density at radius 2 is 2.10 bits per heavy atom. The Balaban J connectivity index is 1.87. The summed E-state index contributed by atoms with van der Waals surface area (Å²) in [4.78, 5) is 18.5. The number of unbranched alkanes of at least 4 members (excludes halogenated alkanes) is 2. The van der Waals surface area contributed by atoms with Gasteiger partial charge < -0.3 is 9.52 Å². The van der Waals surface area contributed by atoms with Crippen LogP contribution in [0.3, 0.4) is 0 Å². The SMILES string of the molecule is CCCCCSc1nc([O-])c2[n+](n1)C(c1ccco1)N(C(C)=O)c1ccccc1-2. The number of anilines is 1. The Labute approximate surface area is 173 Å². The maximum Gasteiger partial charge on any atom is 0.325 e. The molecule has 1 amide bonds. The summed E-state index contributed by atoms with van der Waals surface area (Å²) in [6.45, 7) is 3.64. The molecule has 1 aliphatic heterocycles. The van der Waals surface area contributed by atoms with E-state index in [1.165, 1.54) is 18.7 Å². The molecule has 1 atom stereocenters. The Morgan fingerprint density at radius 1 is 1.28 bits per heavy atom. The highest BCUT2D eigenvalue weighted by atomic mass is 32.2. The summed E-state index contributed by atoms with van der Waals surface area (Å²) in [6, 6.07) is 10.9. The number of carbonyl (C=O) groups excluding carboxylic acids is 1. The van der Waals surface area contributed by atoms with Crippen molar-refractivity contribution in [2.24, 2.45) is 0 Å². The van der Waals surface area contributed by atoms with Crippen molar-refractivity contribution >= 4 is 23.4 Å². The Hall–Kier alpha value is -2.87. The average molecular weight is 410 g/mol. The fourth-order valence-electron chi connectivity index (χ4n) is 3.55. The van der Waals surface area contributed by atoms with Crippen molar-refractivity contribution in [1.82, 2.24) is 10.1 Å². The zero-order chi connectivity index (χ0) is 20.4. The minimum Gasteiger partial charge on any atom is -0.854 e. The Bertz CT molecular complexity index is 1020. The fraction of sp³-hybridized carbons (Fsp3) is 0.333. The van der Waals surface area contributed by atoms with Crippen LogP contribution in [-0.4, -0.2) is 21.7 Å². The molecule has 8 heteroatoms. The summed E-state index contributed by atoms with van der Waals surface area (Å²) in [7, 11) is 0. The normalized spacial score (nSPS) is 15.1. The summed E-state index contributed by atoms with van der Waals surface area (Å²) in [5.74, 6) is 0.844. The van der Waals surface area contributed by atoms with E-state index in [9.17, 15) is 9.90 Å². The Morgan fingerprint density at radius 3 is 2.83 bits per heavy atom. The molecule has 0 N–H and O–H groups in total. The number of fused-ring (bicyclic) bond motifs is 3. The third-order valence-electron chi connectivity index (χ3n) is 4.83. The lowest BCUT2D eigenvalue weighted by atomic mass is 10.0. The first-order valence-corrected chi connectivity index (χ1v) is 10.7. The number of carbonyl (C=O) groups is 1. The second-order valence-corrected chi connectivity index (χ2v) is 7.91. The highest BCUT2D eigenvalue weighted by Gasteiger charge is 2.45. The molecule has 0 saturated heterocycles. The van der Waals surface area contributed by atoms with Crippen molar-refractivity contribution in [3.63, 3.8) is 0 Å². The first kappa shape index (κ1) is 19.4. The van der Waals surface area contributed by atoms with Gasteiger partial charge in [0.15, 0.2) is 5.76 Å². The number of rotatable bonds is 6. The minimum absolute atomic E-state index is 0.166. The molecule has 150 valence electrons. The van der Waals surface area contributed by atoms with Gasteiger partial charge in [0.1, 0.15) is 0 Å². The van der Waals surface area contributed by atoms with E-state index in [4.69, 9.17) is 4.42 Å². The number of nitrogens with zero attached hydrogens (tertiary/aromatic N) is 4. The summed E-state index contributed by atoms with van der Waals surface area (Å²) < 4.78 is 7.22. The molecule has 0 aliphatic carbocycles. The zero-order valence-corrected chi connectivity index (χ0v) is 17.2. The lowest BCUT2D eigenvalue weighted by molar-refractivity contribution is -0.765. The van der Waals surface area contributed by atoms with Gasteiger partial charge in [-0.1, -0.05) is 43.7 Å². The van der Waals surface area contributed by atoms with E-state index >= 15 is 0 Å². The lowest BCUT2D eigenvalue weighted by Gasteiger charge is -2.31. The van der Waals surface area contributed by atoms with Crippen LogP contribution >= 0.6 is 11.8 Å². The van der Waals surface area contributed by atoms with Crippen LogP contribution in [0.5, 0.6) is 5.88 Å². The molecular formula is C21H22N4O3S. The van der Waals surface area contributed by atoms with E-state index < -0.39 is 6.17 Å². The molecule has 0 radical (unpaired) electrons. The predicted molar refractivity (Wildman–Crippen MR) is 107 cm³/mol. The van der Waals surface area contributed by atoms with Gasteiger partial charge in [-0.05, 0) is 35.4 Å². The molecule has 0 bridgehead atoms. The van der Waals surface area contributed by atoms with Gasteiger partial charge in [0.25, 0.3) is 10.9 Å². The summed E-state index contributed by atoms with van der Waals surface area (Å²) in [5, 5.41) is 18.1. The number of hydrogen-bond donors (Lipinski definition) is 0. The van der Waals surface area contributed by atoms with E-state index in [0.717, 1.165) is 25.0 Å². The molecule has 0 fully saturated rings. The monoisotopic (exact) mass is 410 g/mol. The molecule has 1 aliphatic rings. The van der Waals surface area contributed by atoms with E-state index in [0.29, 0.717) is 27.9 Å². The van der Waals surface area contributed by atoms with Crippen LogP contribution in [0, 0.1) is 0 Å². The first-order valence-electron chi connectivity index (χ1n) is 9.68. The van der Waals surface area contributed by atoms with Crippen LogP contribution in [0.4, 0.5) is 5.69 Å². The zero-order valence-electron chi connectivity index (χ0n) is 16.4. The smallest absolute Gasteiger partial charge is 0.325 e. The average Bonchev–Trinajstić information content (AvgIpc) is 3.24. The quantitative estimate of drug-likeness (QED) is 0.352. The van der Waals surface area contributed by atoms with Crippen LogP contribution < -0.4 is 14.7 Å². The van der Waals surface area contributed by atoms with Gasteiger partial charge in [0.2, 0.25) is 5.91 Å². The highest BCUT2D eigenvalue weighted by molar-refractivity contribution is 7.99. The number of furan rings is 1. The molecule has 7 nitrogen and oxygen atoms in total. The van der Waals surface area contributed by atoms with E-state index in [1.807, 2.05) is 24.3 Å². The standard InChI is InChI=1S/C21H22N4O3S/c1-3-4-7-13-29-21-22-19(27)18-15-9-5-6-10-16(15)24(14(2)26)20(25(18)23-21)17-11-8-12-28-17/h5-6,8-12,20H,3-4,7,13H2,1-2H3. The molecule has 1 aromatic carbocycles. The second-order valence-electron chi connectivity index (χ2n) is 6.84. The van der Waals surface area contributed by atoms with Crippen LogP contribution in [0.1, 0.15) is 45.0 Å². The summed E-state index contributed by atoms with van der Waals surface area (Å²) in [6.07, 6.45) is 4.14. The number of benzene rings is 1. The van der Waals surface area contributed by atoms with Crippen LogP contribution in [0.15, 0.2) is 52.2 Å². The second kappa shape index (κ2) is 8.24. The van der Waals surface area contributed by atoms with Gasteiger partial charge in [0, 0.05) is 17.8 Å². The molecule has 3 aromatic rings. The molecule has 0 spiro atoms. The van der Waals surface area contributed by atoms with Crippen molar-refractivity contribution in [3.05, 3.63) is 48.4 Å². The van der Waals surface area contributed by atoms with Gasteiger partial charge in [-0.15, -0.1) is 0 Å². The van der Waals surface area contributed by atoms with E-state index in [-0.39, 0.29) is 11.8 Å². The maximum absolute atomic E-state index is 13.0. The predicted octanol–water partition coefficient (Wildman–Crippen LogP) is 3.29. The summed E-state index contributed by atoms with van der Waals surface area (Å²) >= 11 is 1.46. The van der Waals surface area contributed by atoms with Crippen LogP contribution in [-0.2, 0) is 4.79 Å².